The molecule has 230 valence electrons. The quantitative estimate of drug-likeness (QED) is 0.240. The van der Waals surface area contributed by atoms with Gasteiger partial charge in [0.2, 0.25) is 0 Å². The van der Waals surface area contributed by atoms with E-state index in [0.29, 0.717) is 11.5 Å². The summed E-state index contributed by atoms with van der Waals surface area (Å²) in [5, 5.41) is 14.4. The standard InChI is InChI=1S/C36H53N3O3/c1-26(2)36(25-37,30-14-15-31(40-8)33(21-30)42-10)17-11-18-39(19-16-28-13-12-27(3)32(20-28)41-9)24-29-22-34(4,5)38-35(6,7)23-29/h12-15,20-22,26,38H,11,16-19,23-24H2,1-10H3. The Balaban J connectivity index is 1.84. The number of ether oxygens (including phenoxy) is 3. The minimum atomic E-state index is -0.618. The lowest BCUT2D eigenvalue weighted by atomic mass is 9.69. The molecule has 1 N–H and O–H groups in total. The summed E-state index contributed by atoms with van der Waals surface area (Å²) in [6.07, 6.45) is 6.06. The van der Waals surface area contributed by atoms with Gasteiger partial charge in [0.05, 0.1) is 32.8 Å². The Morgan fingerprint density at radius 3 is 2.24 bits per heavy atom. The summed E-state index contributed by atoms with van der Waals surface area (Å²) in [7, 11) is 5.02. The van der Waals surface area contributed by atoms with Gasteiger partial charge in [0.15, 0.2) is 11.5 Å². The van der Waals surface area contributed by atoms with E-state index in [2.05, 4.69) is 89.0 Å². The number of methoxy groups -OCH3 is 3. The maximum Gasteiger partial charge on any atom is 0.161 e. The summed E-state index contributed by atoms with van der Waals surface area (Å²) in [6, 6.07) is 15.2. The van der Waals surface area contributed by atoms with Crippen LogP contribution in [-0.2, 0) is 11.8 Å². The van der Waals surface area contributed by atoms with Crippen molar-refractivity contribution >= 4 is 0 Å². The second-order valence-corrected chi connectivity index (χ2v) is 13.5. The fourth-order valence-corrected chi connectivity index (χ4v) is 6.76. The van der Waals surface area contributed by atoms with Crippen LogP contribution in [-0.4, -0.2) is 56.9 Å². The van der Waals surface area contributed by atoms with Crippen LogP contribution in [0.2, 0.25) is 0 Å². The van der Waals surface area contributed by atoms with Crippen molar-refractivity contribution in [2.24, 2.45) is 5.92 Å². The first-order valence-electron chi connectivity index (χ1n) is 15.3. The Morgan fingerprint density at radius 1 is 0.952 bits per heavy atom. The highest BCUT2D eigenvalue weighted by Crippen LogP contribution is 2.40. The highest BCUT2D eigenvalue weighted by Gasteiger charge is 2.37. The number of benzene rings is 2. The van der Waals surface area contributed by atoms with Gasteiger partial charge in [-0.05, 0) is 108 Å². The highest BCUT2D eigenvalue weighted by atomic mass is 16.5. The number of hydrogen-bond donors (Lipinski definition) is 1. The Kier molecular flexibility index (Phi) is 11.1. The zero-order valence-electron chi connectivity index (χ0n) is 27.7. The molecular weight excluding hydrogens is 522 g/mol. The van der Waals surface area contributed by atoms with Crippen molar-refractivity contribution < 1.29 is 14.2 Å². The van der Waals surface area contributed by atoms with Gasteiger partial charge in [-0.2, -0.15) is 5.26 Å². The summed E-state index contributed by atoms with van der Waals surface area (Å²) in [5.41, 5.74) is 4.27. The van der Waals surface area contributed by atoms with E-state index >= 15 is 0 Å². The predicted molar refractivity (Wildman–Crippen MR) is 173 cm³/mol. The molecule has 2 aromatic rings. The topological polar surface area (TPSA) is 66.8 Å². The number of hydrogen-bond acceptors (Lipinski definition) is 6. The third-order valence-electron chi connectivity index (χ3n) is 8.64. The molecule has 0 saturated carbocycles. The number of aryl methyl sites for hydroxylation is 1. The van der Waals surface area contributed by atoms with Crippen LogP contribution in [0.3, 0.4) is 0 Å². The molecule has 0 aromatic heterocycles. The minimum Gasteiger partial charge on any atom is -0.496 e. The van der Waals surface area contributed by atoms with Gasteiger partial charge in [-0.25, -0.2) is 0 Å². The van der Waals surface area contributed by atoms with Crippen molar-refractivity contribution in [3.05, 3.63) is 64.7 Å². The lowest BCUT2D eigenvalue weighted by molar-refractivity contribution is 0.241. The molecule has 3 rings (SSSR count). The Bertz CT molecular complexity index is 1270. The van der Waals surface area contributed by atoms with Crippen LogP contribution in [0, 0.1) is 24.2 Å². The van der Waals surface area contributed by atoms with E-state index in [0.717, 1.165) is 62.2 Å². The van der Waals surface area contributed by atoms with Crippen LogP contribution in [0.15, 0.2) is 48.0 Å². The average molecular weight is 576 g/mol. The first-order valence-corrected chi connectivity index (χ1v) is 15.3. The molecule has 6 heteroatoms. The molecule has 0 aliphatic carbocycles. The van der Waals surface area contributed by atoms with E-state index in [1.54, 1.807) is 21.3 Å². The fraction of sp³-hybridized carbons (Fsp3) is 0.583. The lowest BCUT2D eigenvalue weighted by Crippen LogP contribution is -2.54. The zero-order valence-corrected chi connectivity index (χ0v) is 27.7. The lowest BCUT2D eigenvalue weighted by Gasteiger charge is -2.42. The van der Waals surface area contributed by atoms with Crippen molar-refractivity contribution in [2.75, 3.05) is 41.0 Å². The number of nitrogens with zero attached hydrogens (tertiary/aromatic N) is 2. The summed E-state index contributed by atoms with van der Waals surface area (Å²) < 4.78 is 16.6. The number of nitrogens with one attached hydrogen (secondary N) is 1. The predicted octanol–water partition coefficient (Wildman–Crippen LogP) is 7.24. The second-order valence-electron chi connectivity index (χ2n) is 13.5. The average Bonchev–Trinajstić information content (AvgIpc) is 2.92. The van der Waals surface area contributed by atoms with Crippen LogP contribution in [0.4, 0.5) is 0 Å². The van der Waals surface area contributed by atoms with Gasteiger partial charge in [-0.1, -0.05) is 43.7 Å². The largest absolute Gasteiger partial charge is 0.496 e. The minimum absolute atomic E-state index is 0.0462. The third-order valence-corrected chi connectivity index (χ3v) is 8.64. The van der Waals surface area contributed by atoms with Gasteiger partial charge in [-0.3, -0.25) is 4.90 Å². The normalized spacial score (nSPS) is 17.4. The van der Waals surface area contributed by atoms with Crippen molar-refractivity contribution in [3.8, 4) is 23.3 Å². The smallest absolute Gasteiger partial charge is 0.161 e. The van der Waals surface area contributed by atoms with Gasteiger partial charge in [-0.15, -0.1) is 0 Å². The third kappa shape index (κ3) is 8.30. The van der Waals surface area contributed by atoms with E-state index in [-0.39, 0.29) is 17.0 Å². The number of nitriles is 1. The molecule has 0 bridgehead atoms. The Labute approximate surface area is 255 Å². The molecule has 42 heavy (non-hydrogen) atoms. The molecule has 0 saturated heterocycles. The van der Waals surface area contributed by atoms with Crippen LogP contribution >= 0.6 is 0 Å². The molecule has 0 amide bonds. The van der Waals surface area contributed by atoms with Crippen LogP contribution in [0.25, 0.3) is 0 Å². The van der Waals surface area contributed by atoms with E-state index < -0.39 is 5.41 Å². The Morgan fingerprint density at radius 2 is 1.64 bits per heavy atom. The van der Waals surface area contributed by atoms with E-state index in [1.165, 1.54) is 11.1 Å². The molecule has 0 spiro atoms. The maximum atomic E-state index is 10.6. The first kappa shape index (κ1) is 33.5. The van der Waals surface area contributed by atoms with Crippen molar-refractivity contribution in [1.29, 1.82) is 5.26 Å². The Hall–Kier alpha value is -3.01. The van der Waals surface area contributed by atoms with Gasteiger partial charge in [0, 0.05) is 24.2 Å². The molecule has 1 aliphatic heterocycles. The fourth-order valence-electron chi connectivity index (χ4n) is 6.76. The van der Waals surface area contributed by atoms with Gasteiger partial charge >= 0.3 is 0 Å². The van der Waals surface area contributed by atoms with Gasteiger partial charge < -0.3 is 19.5 Å². The van der Waals surface area contributed by atoms with Crippen molar-refractivity contribution in [2.45, 2.75) is 90.6 Å². The van der Waals surface area contributed by atoms with Gasteiger partial charge in [0.25, 0.3) is 0 Å². The SMILES string of the molecule is COc1cc(CCN(CCCC(C#N)(c2ccc(OC)c(OC)c2)C(C)C)CC2=CC(C)(C)NC(C)(C)C2)ccc1C. The molecule has 0 radical (unpaired) electrons. The van der Waals surface area contributed by atoms with Crippen LogP contribution in [0.1, 0.15) is 77.5 Å². The molecule has 1 heterocycles. The highest BCUT2D eigenvalue weighted by molar-refractivity contribution is 5.47. The van der Waals surface area contributed by atoms with E-state index in [4.69, 9.17) is 14.2 Å². The van der Waals surface area contributed by atoms with E-state index in [9.17, 15) is 5.26 Å². The molecule has 6 nitrogen and oxygen atoms in total. The zero-order chi connectivity index (χ0) is 31.1. The molecule has 1 unspecified atom stereocenters. The summed E-state index contributed by atoms with van der Waals surface area (Å²) in [5.74, 6) is 2.42. The maximum absolute atomic E-state index is 10.6. The molecule has 0 fully saturated rings. The summed E-state index contributed by atoms with van der Waals surface area (Å²) in [6.45, 7) is 18.2. The monoisotopic (exact) mass is 575 g/mol. The molecule has 2 aromatic carbocycles. The second kappa shape index (κ2) is 14.0. The van der Waals surface area contributed by atoms with Crippen LogP contribution in [0.5, 0.6) is 17.2 Å². The van der Waals surface area contributed by atoms with Crippen molar-refractivity contribution in [1.82, 2.24) is 10.2 Å². The molecule has 1 aliphatic rings. The summed E-state index contributed by atoms with van der Waals surface area (Å²) >= 11 is 0. The van der Waals surface area contributed by atoms with E-state index in [1.807, 2.05) is 18.2 Å². The van der Waals surface area contributed by atoms with Crippen molar-refractivity contribution in [3.63, 3.8) is 0 Å². The van der Waals surface area contributed by atoms with Gasteiger partial charge in [0.1, 0.15) is 5.75 Å². The number of rotatable bonds is 14. The summed E-state index contributed by atoms with van der Waals surface area (Å²) in [4.78, 5) is 2.58. The van der Waals surface area contributed by atoms with Crippen LogP contribution < -0.4 is 19.5 Å². The molecular formula is C36H53N3O3. The molecule has 1 atom stereocenters. The first-order chi connectivity index (χ1) is 19.8.